The minimum atomic E-state index is -1.11. The first-order chi connectivity index (χ1) is 15.6. The number of nitrogens with zero attached hydrogens (tertiary/aromatic N) is 1. The number of nitrogens with one attached hydrogen (secondary N) is 2. The molecule has 34 heavy (non-hydrogen) atoms. The standard InChI is InChI=1S/C27H39N3O4/c1-11-18(4)21(28-25(33)34-27(8,9)10)24(32)30(13-3)22(23(31)29-26(5,6)7)20-16-14-15-19(12-2)17-20/h3,12,14-18,21-22H,2,11H2,1,4-10H3,(H,28,33)(H,29,31). The molecule has 0 radical (unpaired) electrons. The van der Waals surface area contributed by atoms with Crippen LogP contribution in [0.1, 0.15) is 79.0 Å². The molecule has 0 saturated heterocycles. The number of hydrogen-bond acceptors (Lipinski definition) is 4. The Hall–Kier alpha value is -3.27. The van der Waals surface area contributed by atoms with Gasteiger partial charge in [-0.25, -0.2) is 4.79 Å². The van der Waals surface area contributed by atoms with E-state index in [2.05, 4.69) is 23.3 Å². The van der Waals surface area contributed by atoms with Gasteiger partial charge in [0.1, 0.15) is 17.7 Å². The van der Waals surface area contributed by atoms with Crippen molar-refractivity contribution in [3.05, 3.63) is 42.0 Å². The van der Waals surface area contributed by atoms with Gasteiger partial charge in [0, 0.05) is 11.6 Å². The second-order valence-corrected chi connectivity index (χ2v) is 10.4. The highest BCUT2D eigenvalue weighted by Gasteiger charge is 2.38. The van der Waals surface area contributed by atoms with E-state index in [0.29, 0.717) is 12.0 Å². The van der Waals surface area contributed by atoms with Gasteiger partial charge >= 0.3 is 6.09 Å². The Morgan fingerprint density at radius 2 is 1.82 bits per heavy atom. The van der Waals surface area contributed by atoms with Crippen LogP contribution in [0.25, 0.3) is 6.08 Å². The molecule has 1 rings (SSSR count). The monoisotopic (exact) mass is 469 g/mol. The summed E-state index contributed by atoms with van der Waals surface area (Å²) >= 11 is 0. The Bertz CT molecular complexity index is 934. The van der Waals surface area contributed by atoms with Crippen molar-refractivity contribution >= 4 is 24.0 Å². The summed E-state index contributed by atoms with van der Waals surface area (Å²) < 4.78 is 5.35. The van der Waals surface area contributed by atoms with Crippen LogP contribution in [0.15, 0.2) is 30.8 Å². The lowest BCUT2D eigenvalue weighted by molar-refractivity contribution is -0.140. The molecule has 0 saturated carbocycles. The van der Waals surface area contributed by atoms with Crippen molar-refractivity contribution in [2.75, 3.05) is 0 Å². The molecule has 1 aromatic rings. The number of benzene rings is 1. The third kappa shape index (κ3) is 8.58. The van der Waals surface area contributed by atoms with Gasteiger partial charge in [-0.05, 0) is 64.7 Å². The van der Waals surface area contributed by atoms with Crippen molar-refractivity contribution in [2.45, 2.75) is 85.0 Å². The third-order valence-electron chi connectivity index (χ3n) is 4.99. The van der Waals surface area contributed by atoms with E-state index in [1.54, 1.807) is 45.0 Å². The molecule has 3 unspecified atom stereocenters. The summed E-state index contributed by atoms with van der Waals surface area (Å²) in [5, 5.41) is 5.57. The van der Waals surface area contributed by atoms with E-state index < -0.39 is 41.1 Å². The van der Waals surface area contributed by atoms with Gasteiger partial charge in [-0.2, -0.15) is 0 Å². The molecule has 0 bridgehead atoms. The lowest BCUT2D eigenvalue weighted by atomic mass is 9.95. The molecule has 0 aromatic heterocycles. The molecule has 0 aliphatic carbocycles. The second kappa shape index (κ2) is 11.7. The van der Waals surface area contributed by atoms with Crippen LogP contribution in [0, 0.1) is 18.4 Å². The molecule has 7 heteroatoms. The van der Waals surface area contributed by atoms with Gasteiger partial charge in [0.05, 0.1) is 0 Å². The van der Waals surface area contributed by atoms with Crippen LogP contribution in [0.4, 0.5) is 4.79 Å². The first-order valence-corrected chi connectivity index (χ1v) is 11.5. The van der Waals surface area contributed by atoms with E-state index in [1.165, 1.54) is 0 Å². The minimum Gasteiger partial charge on any atom is -0.444 e. The first kappa shape index (κ1) is 28.8. The summed E-state index contributed by atoms with van der Waals surface area (Å²) in [5.74, 6) is -1.26. The molecule has 2 N–H and O–H groups in total. The molecular weight excluding hydrogens is 430 g/mol. The van der Waals surface area contributed by atoms with Crippen molar-refractivity contribution in [3.63, 3.8) is 0 Å². The number of hydrogen-bond donors (Lipinski definition) is 2. The number of rotatable bonds is 8. The van der Waals surface area contributed by atoms with Crippen molar-refractivity contribution in [1.82, 2.24) is 15.5 Å². The number of amides is 3. The highest BCUT2D eigenvalue weighted by Crippen LogP contribution is 2.26. The number of alkyl carbamates (subject to hydrolysis) is 1. The highest BCUT2D eigenvalue weighted by atomic mass is 16.6. The average molecular weight is 470 g/mol. The van der Waals surface area contributed by atoms with E-state index >= 15 is 0 Å². The summed E-state index contributed by atoms with van der Waals surface area (Å²) in [6.07, 6.45) is 7.32. The Morgan fingerprint density at radius 1 is 1.21 bits per heavy atom. The normalized spacial score (nSPS) is 14.1. The number of carbonyl (C=O) groups is 3. The van der Waals surface area contributed by atoms with Crippen LogP contribution in [-0.4, -0.2) is 40.0 Å². The first-order valence-electron chi connectivity index (χ1n) is 11.5. The van der Waals surface area contributed by atoms with Crippen LogP contribution in [0.2, 0.25) is 0 Å². The fourth-order valence-electron chi connectivity index (χ4n) is 3.24. The Balaban J connectivity index is 3.49. The Morgan fingerprint density at radius 3 is 2.29 bits per heavy atom. The van der Waals surface area contributed by atoms with Crippen LogP contribution in [-0.2, 0) is 14.3 Å². The third-order valence-corrected chi connectivity index (χ3v) is 4.99. The molecule has 7 nitrogen and oxygen atoms in total. The van der Waals surface area contributed by atoms with Gasteiger partial charge in [-0.3, -0.25) is 14.5 Å². The van der Waals surface area contributed by atoms with E-state index in [1.807, 2.05) is 40.7 Å². The molecule has 0 aliphatic heterocycles. The van der Waals surface area contributed by atoms with E-state index in [0.717, 1.165) is 10.5 Å². The predicted octanol–water partition coefficient (Wildman–Crippen LogP) is 4.64. The summed E-state index contributed by atoms with van der Waals surface area (Å²) in [4.78, 5) is 40.7. The average Bonchev–Trinajstić information content (AvgIpc) is 2.72. The minimum absolute atomic E-state index is 0.262. The summed E-state index contributed by atoms with van der Waals surface area (Å²) in [6.45, 7) is 18.2. The molecule has 0 aliphatic rings. The summed E-state index contributed by atoms with van der Waals surface area (Å²) in [6, 6.07) is 7.40. The van der Waals surface area contributed by atoms with Crippen LogP contribution >= 0.6 is 0 Å². The zero-order valence-electron chi connectivity index (χ0n) is 21.7. The second-order valence-electron chi connectivity index (χ2n) is 10.4. The predicted molar refractivity (Wildman–Crippen MR) is 135 cm³/mol. The van der Waals surface area contributed by atoms with Gasteiger partial charge in [0.15, 0.2) is 0 Å². The SMILES string of the molecule is C#CN(C(=O)C(NC(=O)OC(C)(C)C)C(C)CC)C(C(=O)NC(C)(C)C)c1cccc(C=C)c1. The van der Waals surface area contributed by atoms with Crippen LogP contribution in [0.5, 0.6) is 0 Å². The topological polar surface area (TPSA) is 87.7 Å². The largest absolute Gasteiger partial charge is 0.444 e. The van der Waals surface area contributed by atoms with Crippen LogP contribution < -0.4 is 10.6 Å². The number of ether oxygens (including phenoxy) is 1. The molecular formula is C27H39N3O4. The lowest BCUT2D eigenvalue weighted by Gasteiger charge is -2.34. The van der Waals surface area contributed by atoms with Crippen LogP contribution in [0.3, 0.4) is 0 Å². The van der Waals surface area contributed by atoms with Gasteiger partial charge in [-0.1, -0.05) is 57.5 Å². The van der Waals surface area contributed by atoms with Gasteiger partial charge in [0.2, 0.25) is 5.91 Å². The Kier molecular flexibility index (Phi) is 9.93. The van der Waals surface area contributed by atoms with Gasteiger partial charge < -0.3 is 15.4 Å². The molecule has 0 fully saturated rings. The van der Waals surface area contributed by atoms with Crippen molar-refractivity contribution in [1.29, 1.82) is 0 Å². The zero-order valence-corrected chi connectivity index (χ0v) is 21.7. The summed E-state index contributed by atoms with van der Waals surface area (Å²) in [5.41, 5.74) is 0.0186. The number of terminal acetylenes is 1. The zero-order chi connectivity index (χ0) is 26.3. The Labute approximate surface area is 204 Å². The molecule has 3 amide bonds. The number of carbonyl (C=O) groups excluding carboxylic acids is 3. The van der Waals surface area contributed by atoms with Crippen molar-refractivity contribution in [2.24, 2.45) is 5.92 Å². The molecule has 0 spiro atoms. The highest BCUT2D eigenvalue weighted by molar-refractivity contribution is 5.93. The molecule has 1 aromatic carbocycles. The smallest absolute Gasteiger partial charge is 0.408 e. The summed E-state index contributed by atoms with van der Waals surface area (Å²) in [7, 11) is 0. The van der Waals surface area contributed by atoms with Gasteiger partial charge in [-0.15, -0.1) is 0 Å². The van der Waals surface area contributed by atoms with E-state index in [9.17, 15) is 14.4 Å². The van der Waals surface area contributed by atoms with Crippen molar-refractivity contribution in [3.8, 4) is 12.5 Å². The fraction of sp³-hybridized carbons (Fsp3) is 0.519. The van der Waals surface area contributed by atoms with Crippen molar-refractivity contribution < 1.29 is 19.1 Å². The van der Waals surface area contributed by atoms with Gasteiger partial charge in [0.25, 0.3) is 5.91 Å². The fourth-order valence-corrected chi connectivity index (χ4v) is 3.24. The maximum absolute atomic E-state index is 13.7. The van der Waals surface area contributed by atoms with E-state index in [-0.39, 0.29) is 5.92 Å². The molecule has 186 valence electrons. The molecule has 3 atom stereocenters. The quantitative estimate of drug-likeness (QED) is 0.429. The maximum Gasteiger partial charge on any atom is 0.408 e. The molecule has 0 heterocycles. The lowest BCUT2D eigenvalue weighted by Crippen LogP contribution is -2.55. The maximum atomic E-state index is 13.7. The van der Waals surface area contributed by atoms with E-state index in [4.69, 9.17) is 11.2 Å².